The summed E-state index contributed by atoms with van der Waals surface area (Å²) in [5.74, 6) is -0.470. The van der Waals surface area contributed by atoms with Gasteiger partial charge >= 0.3 is 0 Å². The summed E-state index contributed by atoms with van der Waals surface area (Å²) in [5.41, 5.74) is 0.221. The molecule has 0 unspecified atom stereocenters. The summed E-state index contributed by atoms with van der Waals surface area (Å²) in [6.07, 6.45) is 0.555. The van der Waals surface area contributed by atoms with Gasteiger partial charge in [0.2, 0.25) is 11.8 Å². The summed E-state index contributed by atoms with van der Waals surface area (Å²) in [6, 6.07) is 13.0. The fraction of sp³-hybridized carbons (Fsp3) is 0.300. The van der Waals surface area contributed by atoms with Crippen molar-refractivity contribution < 1.29 is 18.7 Å². The zero-order chi connectivity index (χ0) is 19.2. The second-order valence-corrected chi connectivity index (χ2v) is 6.44. The minimum atomic E-state index is -1.24. The van der Waals surface area contributed by atoms with Gasteiger partial charge in [-0.1, -0.05) is 18.2 Å². The molecule has 0 aromatic heterocycles. The van der Waals surface area contributed by atoms with E-state index in [2.05, 4.69) is 10.6 Å². The Morgan fingerprint density at radius 2 is 1.77 bits per heavy atom. The minimum absolute atomic E-state index is 0.298. The van der Waals surface area contributed by atoms with Crippen molar-refractivity contribution in [2.75, 3.05) is 19.0 Å². The lowest BCUT2D eigenvalue weighted by atomic mass is 9.91. The van der Waals surface area contributed by atoms with Crippen molar-refractivity contribution in [2.45, 2.75) is 20.3 Å². The smallest absolute Gasteiger partial charge is 0.239 e. The van der Waals surface area contributed by atoms with Crippen LogP contribution in [0.4, 0.5) is 10.1 Å². The highest BCUT2D eigenvalue weighted by atomic mass is 19.1. The number of hydrogen-bond acceptors (Lipinski definition) is 3. The van der Waals surface area contributed by atoms with Crippen LogP contribution >= 0.6 is 0 Å². The first-order valence-electron chi connectivity index (χ1n) is 8.31. The van der Waals surface area contributed by atoms with E-state index in [-0.39, 0.29) is 11.7 Å². The Balaban J connectivity index is 1.90. The Labute approximate surface area is 152 Å². The SMILES string of the molecule is COc1cccc(NC(=O)C(C)(C)C(=O)NCCc2ccc(F)cc2)c1. The molecule has 0 heterocycles. The second kappa shape index (κ2) is 8.47. The highest BCUT2D eigenvalue weighted by Gasteiger charge is 2.35. The van der Waals surface area contributed by atoms with E-state index in [9.17, 15) is 14.0 Å². The third-order valence-corrected chi connectivity index (χ3v) is 4.08. The first kappa shape index (κ1) is 19.4. The van der Waals surface area contributed by atoms with Crippen LogP contribution in [0.3, 0.4) is 0 Å². The van der Waals surface area contributed by atoms with Crippen LogP contribution in [-0.4, -0.2) is 25.5 Å². The van der Waals surface area contributed by atoms with Crippen molar-refractivity contribution in [2.24, 2.45) is 5.41 Å². The van der Waals surface area contributed by atoms with Gasteiger partial charge in [-0.3, -0.25) is 9.59 Å². The van der Waals surface area contributed by atoms with Gasteiger partial charge in [0.25, 0.3) is 0 Å². The van der Waals surface area contributed by atoms with Gasteiger partial charge in [-0.05, 0) is 50.1 Å². The number of rotatable bonds is 7. The van der Waals surface area contributed by atoms with Crippen molar-refractivity contribution >= 4 is 17.5 Å². The van der Waals surface area contributed by atoms with Crippen LogP contribution in [-0.2, 0) is 16.0 Å². The van der Waals surface area contributed by atoms with Crippen molar-refractivity contribution in [1.82, 2.24) is 5.32 Å². The van der Waals surface area contributed by atoms with Gasteiger partial charge in [-0.2, -0.15) is 0 Å². The van der Waals surface area contributed by atoms with Crippen LogP contribution in [0.2, 0.25) is 0 Å². The molecule has 0 saturated carbocycles. The number of amides is 2. The molecule has 138 valence electrons. The van der Waals surface area contributed by atoms with Crippen LogP contribution in [0.1, 0.15) is 19.4 Å². The van der Waals surface area contributed by atoms with Crippen LogP contribution in [0.25, 0.3) is 0 Å². The molecule has 0 aliphatic rings. The summed E-state index contributed by atoms with van der Waals surface area (Å²) < 4.78 is 18.0. The lowest BCUT2D eigenvalue weighted by molar-refractivity contribution is -0.138. The first-order chi connectivity index (χ1) is 12.3. The van der Waals surface area contributed by atoms with Crippen molar-refractivity contribution in [1.29, 1.82) is 0 Å². The highest BCUT2D eigenvalue weighted by Crippen LogP contribution is 2.22. The predicted octanol–water partition coefficient (Wildman–Crippen LogP) is 3.16. The van der Waals surface area contributed by atoms with Gasteiger partial charge in [0.1, 0.15) is 17.0 Å². The normalized spacial score (nSPS) is 10.9. The van der Waals surface area contributed by atoms with E-state index in [1.165, 1.54) is 12.1 Å². The lowest BCUT2D eigenvalue weighted by Crippen LogP contribution is -2.45. The number of methoxy groups -OCH3 is 1. The van der Waals surface area contributed by atoms with Crippen LogP contribution in [0.5, 0.6) is 5.75 Å². The number of carbonyl (C=O) groups excluding carboxylic acids is 2. The molecule has 26 heavy (non-hydrogen) atoms. The van der Waals surface area contributed by atoms with Gasteiger partial charge < -0.3 is 15.4 Å². The molecule has 2 aromatic carbocycles. The number of nitrogens with one attached hydrogen (secondary N) is 2. The van der Waals surface area contributed by atoms with Crippen molar-refractivity contribution in [3.63, 3.8) is 0 Å². The Morgan fingerprint density at radius 3 is 2.42 bits per heavy atom. The van der Waals surface area contributed by atoms with E-state index >= 15 is 0 Å². The molecule has 0 aliphatic heterocycles. The third-order valence-electron chi connectivity index (χ3n) is 4.08. The van der Waals surface area contributed by atoms with Gasteiger partial charge in [-0.15, -0.1) is 0 Å². The molecule has 2 aromatic rings. The summed E-state index contributed by atoms with van der Waals surface area (Å²) >= 11 is 0. The fourth-order valence-electron chi connectivity index (χ4n) is 2.28. The molecule has 0 aliphatic carbocycles. The molecular weight excluding hydrogens is 335 g/mol. The summed E-state index contributed by atoms with van der Waals surface area (Å²) in [5, 5.41) is 5.49. The van der Waals surface area contributed by atoms with Crippen molar-refractivity contribution in [3.8, 4) is 5.75 Å². The number of ether oxygens (including phenoxy) is 1. The molecule has 2 N–H and O–H groups in total. The average Bonchev–Trinajstić information content (AvgIpc) is 2.63. The number of carbonyl (C=O) groups is 2. The number of benzene rings is 2. The molecule has 0 saturated heterocycles. The topological polar surface area (TPSA) is 67.4 Å². The van der Waals surface area contributed by atoms with E-state index in [0.29, 0.717) is 24.4 Å². The maximum atomic E-state index is 12.9. The zero-order valence-electron chi connectivity index (χ0n) is 15.1. The quantitative estimate of drug-likeness (QED) is 0.747. The summed E-state index contributed by atoms with van der Waals surface area (Å²) in [4.78, 5) is 24.9. The van der Waals surface area contributed by atoms with Gasteiger partial charge in [-0.25, -0.2) is 4.39 Å². The van der Waals surface area contributed by atoms with Crippen LogP contribution in [0.15, 0.2) is 48.5 Å². The predicted molar refractivity (Wildman–Crippen MR) is 98.5 cm³/mol. The van der Waals surface area contributed by atoms with Crippen molar-refractivity contribution in [3.05, 3.63) is 59.9 Å². The van der Waals surface area contributed by atoms with E-state index in [1.54, 1.807) is 57.4 Å². The molecule has 0 atom stereocenters. The molecule has 0 fully saturated rings. The Morgan fingerprint density at radius 1 is 1.08 bits per heavy atom. The van der Waals surface area contributed by atoms with E-state index in [0.717, 1.165) is 5.56 Å². The molecule has 2 amide bonds. The van der Waals surface area contributed by atoms with Crippen LogP contribution < -0.4 is 15.4 Å². The van der Waals surface area contributed by atoms with Gasteiger partial charge in [0.05, 0.1) is 7.11 Å². The monoisotopic (exact) mass is 358 g/mol. The van der Waals surface area contributed by atoms with E-state index in [4.69, 9.17) is 4.74 Å². The maximum Gasteiger partial charge on any atom is 0.239 e. The Hall–Kier alpha value is -2.89. The van der Waals surface area contributed by atoms with E-state index < -0.39 is 11.3 Å². The molecule has 2 rings (SSSR count). The number of anilines is 1. The highest BCUT2D eigenvalue weighted by molar-refractivity contribution is 6.09. The molecular formula is C20H23FN2O3. The largest absolute Gasteiger partial charge is 0.497 e. The fourth-order valence-corrected chi connectivity index (χ4v) is 2.28. The molecule has 0 spiro atoms. The second-order valence-electron chi connectivity index (χ2n) is 6.44. The molecule has 0 bridgehead atoms. The molecule has 0 radical (unpaired) electrons. The molecule has 6 heteroatoms. The molecule has 5 nitrogen and oxygen atoms in total. The Bertz CT molecular complexity index is 773. The standard InChI is InChI=1S/C20H23FN2O3/c1-20(2,19(25)23-16-5-4-6-17(13-16)26-3)18(24)22-12-11-14-7-9-15(21)10-8-14/h4-10,13H,11-12H2,1-3H3,(H,22,24)(H,23,25). The summed E-state index contributed by atoms with van der Waals surface area (Å²) in [6.45, 7) is 3.49. The lowest BCUT2D eigenvalue weighted by Gasteiger charge is -2.23. The number of halogens is 1. The zero-order valence-corrected chi connectivity index (χ0v) is 15.1. The van der Waals surface area contributed by atoms with E-state index in [1.807, 2.05) is 0 Å². The minimum Gasteiger partial charge on any atom is -0.497 e. The first-order valence-corrected chi connectivity index (χ1v) is 8.31. The van der Waals surface area contributed by atoms with Crippen LogP contribution in [0, 0.1) is 11.2 Å². The average molecular weight is 358 g/mol. The van der Waals surface area contributed by atoms with Gasteiger partial charge in [0, 0.05) is 18.3 Å². The Kier molecular flexibility index (Phi) is 6.33. The summed E-state index contributed by atoms with van der Waals surface area (Å²) in [7, 11) is 1.54. The third kappa shape index (κ3) is 5.05. The maximum absolute atomic E-state index is 12.9. The number of hydrogen-bond donors (Lipinski definition) is 2. The van der Waals surface area contributed by atoms with Gasteiger partial charge in [0.15, 0.2) is 0 Å².